The van der Waals surface area contributed by atoms with Crippen LogP contribution in [0.15, 0.2) is 4.52 Å². The van der Waals surface area contributed by atoms with Crippen molar-refractivity contribution in [2.75, 3.05) is 32.1 Å². The van der Waals surface area contributed by atoms with E-state index in [1.165, 1.54) is 0 Å². The standard InChI is InChI=1S/C15H23N5O2/c1-19(2)14-17-13(22-18-14)11-20-8-5-7-15(12(20)10-16)6-3-4-9-21-15/h12H,3-9,11H2,1-2H3/t12-,15-/m0/s1. The van der Waals surface area contributed by atoms with Gasteiger partial charge in [-0.1, -0.05) is 0 Å². The largest absolute Gasteiger partial charge is 0.372 e. The molecule has 0 amide bonds. The Morgan fingerprint density at radius 2 is 2.18 bits per heavy atom. The minimum atomic E-state index is -0.310. The van der Waals surface area contributed by atoms with E-state index in [1.807, 2.05) is 14.1 Å². The lowest BCUT2D eigenvalue weighted by Gasteiger charge is -2.48. The Hall–Kier alpha value is -1.65. The molecule has 1 aromatic heterocycles. The van der Waals surface area contributed by atoms with Crippen LogP contribution in [0, 0.1) is 11.3 Å². The number of likely N-dealkylation sites (tertiary alicyclic amines) is 1. The third kappa shape index (κ3) is 2.81. The molecule has 0 radical (unpaired) electrons. The molecule has 1 aromatic rings. The Morgan fingerprint density at radius 3 is 2.82 bits per heavy atom. The fourth-order valence-electron chi connectivity index (χ4n) is 3.50. The van der Waals surface area contributed by atoms with Gasteiger partial charge < -0.3 is 14.2 Å². The second kappa shape index (κ2) is 6.23. The SMILES string of the molecule is CN(C)c1noc(CN2CCC[C@@]3(CCCCO3)[C@@H]2C#N)n1. The summed E-state index contributed by atoms with van der Waals surface area (Å²) in [4.78, 5) is 8.29. The lowest BCUT2D eigenvalue weighted by atomic mass is 9.79. The van der Waals surface area contributed by atoms with Crippen molar-refractivity contribution in [2.24, 2.45) is 0 Å². The average Bonchev–Trinajstić information content (AvgIpc) is 2.97. The molecule has 7 nitrogen and oxygen atoms in total. The number of aromatic nitrogens is 2. The van der Waals surface area contributed by atoms with E-state index in [4.69, 9.17) is 9.26 Å². The maximum absolute atomic E-state index is 9.70. The van der Waals surface area contributed by atoms with Crippen molar-refractivity contribution in [2.45, 2.75) is 50.3 Å². The summed E-state index contributed by atoms with van der Waals surface area (Å²) < 4.78 is 11.4. The van der Waals surface area contributed by atoms with E-state index in [0.717, 1.165) is 45.3 Å². The molecular weight excluding hydrogens is 282 g/mol. The Morgan fingerprint density at radius 1 is 1.36 bits per heavy atom. The number of nitrogens with zero attached hydrogens (tertiary/aromatic N) is 5. The molecular formula is C15H23N5O2. The number of hydrogen-bond donors (Lipinski definition) is 0. The van der Waals surface area contributed by atoms with E-state index in [0.29, 0.717) is 18.4 Å². The van der Waals surface area contributed by atoms with Gasteiger partial charge in [0.25, 0.3) is 5.95 Å². The fourth-order valence-corrected chi connectivity index (χ4v) is 3.50. The Bertz CT molecular complexity index is 539. The van der Waals surface area contributed by atoms with E-state index in [9.17, 15) is 5.26 Å². The lowest BCUT2D eigenvalue weighted by Crippen LogP contribution is -2.58. The van der Waals surface area contributed by atoms with Crippen molar-refractivity contribution < 1.29 is 9.26 Å². The Kier molecular flexibility index (Phi) is 4.32. The van der Waals surface area contributed by atoms with E-state index in [1.54, 1.807) is 4.90 Å². The van der Waals surface area contributed by atoms with Crippen LogP contribution in [-0.4, -0.2) is 53.9 Å². The summed E-state index contributed by atoms with van der Waals surface area (Å²) >= 11 is 0. The zero-order valence-corrected chi connectivity index (χ0v) is 13.3. The van der Waals surface area contributed by atoms with Crippen molar-refractivity contribution >= 4 is 5.95 Å². The third-order valence-corrected chi connectivity index (χ3v) is 4.61. The monoisotopic (exact) mass is 305 g/mol. The average molecular weight is 305 g/mol. The van der Waals surface area contributed by atoms with E-state index in [-0.39, 0.29) is 11.6 Å². The summed E-state index contributed by atoms with van der Waals surface area (Å²) in [6, 6.07) is 2.23. The minimum absolute atomic E-state index is 0.240. The summed E-state index contributed by atoms with van der Waals surface area (Å²) in [7, 11) is 3.75. The molecule has 22 heavy (non-hydrogen) atoms. The molecule has 0 unspecified atom stereocenters. The molecule has 3 rings (SSSR count). The van der Waals surface area contributed by atoms with Crippen molar-refractivity contribution in [1.29, 1.82) is 5.26 Å². The number of piperidine rings is 1. The van der Waals surface area contributed by atoms with Gasteiger partial charge in [0.15, 0.2) is 0 Å². The van der Waals surface area contributed by atoms with Crippen LogP contribution in [0.5, 0.6) is 0 Å². The highest BCUT2D eigenvalue weighted by Crippen LogP contribution is 2.38. The molecule has 2 saturated heterocycles. The molecule has 7 heteroatoms. The highest BCUT2D eigenvalue weighted by molar-refractivity contribution is 5.23. The zero-order chi connectivity index (χ0) is 15.6. The van der Waals surface area contributed by atoms with Gasteiger partial charge in [-0.05, 0) is 37.3 Å². The number of rotatable bonds is 3. The predicted octanol–water partition coefficient (Wildman–Crippen LogP) is 1.56. The summed E-state index contributed by atoms with van der Waals surface area (Å²) in [6.45, 7) is 2.13. The van der Waals surface area contributed by atoms with E-state index in [2.05, 4.69) is 21.1 Å². The predicted molar refractivity (Wildman–Crippen MR) is 80.2 cm³/mol. The maximum atomic E-state index is 9.70. The molecule has 120 valence electrons. The molecule has 0 aliphatic carbocycles. The first-order valence-electron chi connectivity index (χ1n) is 7.92. The van der Waals surface area contributed by atoms with E-state index >= 15 is 0 Å². The minimum Gasteiger partial charge on any atom is -0.372 e. The topological polar surface area (TPSA) is 78.4 Å². The maximum Gasteiger partial charge on any atom is 0.265 e. The summed E-state index contributed by atoms with van der Waals surface area (Å²) in [5.74, 6) is 1.11. The smallest absolute Gasteiger partial charge is 0.265 e. The van der Waals surface area contributed by atoms with Crippen molar-refractivity contribution in [3.8, 4) is 6.07 Å². The second-order valence-corrected chi connectivity index (χ2v) is 6.36. The van der Waals surface area contributed by atoms with Crippen LogP contribution >= 0.6 is 0 Å². The van der Waals surface area contributed by atoms with Gasteiger partial charge in [0, 0.05) is 27.2 Å². The van der Waals surface area contributed by atoms with Gasteiger partial charge in [-0.2, -0.15) is 10.2 Å². The quantitative estimate of drug-likeness (QED) is 0.838. The van der Waals surface area contributed by atoms with Crippen LogP contribution in [0.3, 0.4) is 0 Å². The highest BCUT2D eigenvalue weighted by atomic mass is 16.5. The highest BCUT2D eigenvalue weighted by Gasteiger charge is 2.47. The van der Waals surface area contributed by atoms with Gasteiger partial charge in [0.2, 0.25) is 5.89 Å². The molecule has 1 spiro atoms. The van der Waals surface area contributed by atoms with Crippen molar-refractivity contribution in [1.82, 2.24) is 15.0 Å². The van der Waals surface area contributed by atoms with Gasteiger partial charge in [0.05, 0.1) is 18.2 Å². The van der Waals surface area contributed by atoms with Crippen LogP contribution in [0.2, 0.25) is 0 Å². The van der Waals surface area contributed by atoms with Gasteiger partial charge in [0.1, 0.15) is 6.04 Å². The molecule has 0 aromatic carbocycles. The zero-order valence-electron chi connectivity index (χ0n) is 13.3. The van der Waals surface area contributed by atoms with Gasteiger partial charge in [-0.15, -0.1) is 0 Å². The number of ether oxygens (including phenoxy) is 1. The van der Waals surface area contributed by atoms with Crippen LogP contribution < -0.4 is 4.90 Å². The number of anilines is 1. The normalized spacial score (nSPS) is 29.4. The first kappa shape index (κ1) is 15.3. The molecule has 0 saturated carbocycles. The molecule has 2 atom stereocenters. The molecule has 2 aliphatic heterocycles. The van der Waals surface area contributed by atoms with Crippen LogP contribution in [0.25, 0.3) is 0 Å². The van der Waals surface area contributed by atoms with Gasteiger partial charge >= 0.3 is 0 Å². The van der Waals surface area contributed by atoms with Crippen molar-refractivity contribution in [3.05, 3.63) is 5.89 Å². The first-order chi connectivity index (χ1) is 10.6. The summed E-state index contributed by atoms with van der Waals surface area (Å²) in [6.07, 6.45) is 5.20. The second-order valence-electron chi connectivity index (χ2n) is 6.36. The lowest BCUT2D eigenvalue weighted by molar-refractivity contribution is -0.139. The number of hydrogen-bond acceptors (Lipinski definition) is 7. The van der Waals surface area contributed by atoms with Crippen LogP contribution in [0.1, 0.15) is 38.0 Å². The fraction of sp³-hybridized carbons (Fsp3) is 0.800. The Labute approximate surface area is 130 Å². The summed E-state index contributed by atoms with van der Waals surface area (Å²) in [5.41, 5.74) is -0.310. The first-order valence-corrected chi connectivity index (χ1v) is 7.92. The summed E-state index contributed by atoms with van der Waals surface area (Å²) in [5, 5.41) is 13.6. The number of nitriles is 1. The molecule has 2 fully saturated rings. The van der Waals surface area contributed by atoms with Gasteiger partial charge in [-0.25, -0.2) is 0 Å². The third-order valence-electron chi connectivity index (χ3n) is 4.61. The molecule has 0 N–H and O–H groups in total. The van der Waals surface area contributed by atoms with Crippen LogP contribution in [-0.2, 0) is 11.3 Å². The molecule has 3 heterocycles. The Balaban J connectivity index is 1.75. The van der Waals surface area contributed by atoms with E-state index < -0.39 is 0 Å². The molecule has 2 aliphatic rings. The van der Waals surface area contributed by atoms with Gasteiger partial charge in [-0.3, -0.25) is 4.90 Å². The molecule has 0 bridgehead atoms. The van der Waals surface area contributed by atoms with Crippen molar-refractivity contribution in [3.63, 3.8) is 0 Å². The van der Waals surface area contributed by atoms with Crippen LogP contribution in [0.4, 0.5) is 5.95 Å².